The Morgan fingerprint density at radius 1 is 1.21 bits per heavy atom. The zero-order chi connectivity index (χ0) is 10.8. The van der Waals surface area contributed by atoms with Gasteiger partial charge in [0.1, 0.15) is 4.32 Å². The number of hydrogen-bond acceptors (Lipinski definition) is 2. The number of nitrogens with one attached hydrogen (secondary N) is 1. The van der Waals surface area contributed by atoms with Crippen LogP contribution in [0.4, 0.5) is 0 Å². The number of thiol groups is 1. The fourth-order valence-electron chi connectivity index (χ4n) is 1.37. The van der Waals surface area contributed by atoms with E-state index in [9.17, 15) is 0 Å². The van der Waals surface area contributed by atoms with Crippen LogP contribution in [0.15, 0.2) is 0 Å². The van der Waals surface area contributed by atoms with Gasteiger partial charge in [0.2, 0.25) is 0 Å². The van der Waals surface area contributed by atoms with Crippen molar-refractivity contribution in [1.29, 1.82) is 0 Å². The zero-order valence-electron chi connectivity index (χ0n) is 9.25. The van der Waals surface area contributed by atoms with Gasteiger partial charge in [-0.25, -0.2) is 0 Å². The molecular weight excluding hydrogens is 212 g/mol. The van der Waals surface area contributed by atoms with Crippen molar-refractivity contribution in [2.24, 2.45) is 0 Å². The van der Waals surface area contributed by atoms with Gasteiger partial charge in [0.05, 0.1) is 0 Å². The van der Waals surface area contributed by atoms with Gasteiger partial charge in [-0.1, -0.05) is 32.5 Å². The number of rotatable bonds is 8. The molecule has 0 aliphatic carbocycles. The van der Waals surface area contributed by atoms with Crippen LogP contribution in [0.5, 0.6) is 0 Å². The largest absolute Gasteiger partial charge is 0.371 e. The summed E-state index contributed by atoms with van der Waals surface area (Å²) in [5.74, 6) is 0. The number of hydrogen-bond donors (Lipinski definition) is 2. The van der Waals surface area contributed by atoms with Crippen molar-refractivity contribution < 1.29 is 0 Å². The molecule has 0 heterocycles. The molecule has 0 aliphatic rings. The van der Waals surface area contributed by atoms with Crippen molar-refractivity contribution in [2.45, 2.75) is 33.1 Å². The Hall–Kier alpha value is 0.200. The van der Waals surface area contributed by atoms with Crippen LogP contribution >= 0.6 is 24.8 Å². The van der Waals surface area contributed by atoms with Crippen LogP contribution in [0.3, 0.4) is 0 Å². The minimum Gasteiger partial charge on any atom is -0.371 e. The maximum Gasteiger partial charge on any atom is 0.130 e. The third-order valence-electron chi connectivity index (χ3n) is 2.32. The molecule has 84 valence electrons. The lowest BCUT2D eigenvalue weighted by atomic mass is 10.2. The molecule has 0 saturated heterocycles. The van der Waals surface area contributed by atoms with Crippen molar-refractivity contribution >= 4 is 29.2 Å². The van der Waals surface area contributed by atoms with E-state index in [1.807, 2.05) is 0 Å². The van der Waals surface area contributed by atoms with E-state index >= 15 is 0 Å². The number of thiocarbonyl (C=S) groups is 1. The van der Waals surface area contributed by atoms with Crippen LogP contribution in [0.2, 0.25) is 0 Å². The van der Waals surface area contributed by atoms with Crippen LogP contribution < -0.4 is 5.32 Å². The van der Waals surface area contributed by atoms with Crippen LogP contribution in [0.25, 0.3) is 0 Å². The molecule has 0 aromatic rings. The van der Waals surface area contributed by atoms with Crippen LogP contribution in [-0.4, -0.2) is 35.4 Å². The van der Waals surface area contributed by atoms with E-state index in [2.05, 4.69) is 36.7 Å². The molecule has 0 spiro atoms. The van der Waals surface area contributed by atoms with Crippen LogP contribution in [0, 0.1) is 0 Å². The molecular formula is C10H22N2S2. The van der Waals surface area contributed by atoms with Gasteiger partial charge >= 0.3 is 0 Å². The Morgan fingerprint density at radius 2 is 1.86 bits per heavy atom. The summed E-state index contributed by atoms with van der Waals surface area (Å²) in [6, 6.07) is 0. The summed E-state index contributed by atoms with van der Waals surface area (Å²) in [4.78, 5) is 2.46. The first-order chi connectivity index (χ1) is 6.70. The lowest BCUT2D eigenvalue weighted by Gasteiger charge is -2.17. The Bertz CT molecular complexity index is 147. The summed E-state index contributed by atoms with van der Waals surface area (Å²) >= 11 is 8.80. The summed E-state index contributed by atoms with van der Waals surface area (Å²) < 4.78 is 0.605. The molecule has 0 rings (SSSR count). The number of unbranched alkanes of at least 4 members (excludes halogenated alkanes) is 2. The van der Waals surface area contributed by atoms with Gasteiger partial charge in [0.25, 0.3) is 0 Å². The lowest BCUT2D eigenvalue weighted by Crippen LogP contribution is -2.24. The first-order valence-electron chi connectivity index (χ1n) is 5.39. The summed E-state index contributed by atoms with van der Waals surface area (Å²) in [6.45, 7) is 8.93. The second-order valence-electron chi connectivity index (χ2n) is 3.32. The predicted octanol–water partition coefficient (Wildman–Crippen LogP) is 2.30. The number of nitrogens with zero attached hydrogens (tertiary/aromatic N) is 1. The molecule has 0 atom stereocenters. The first kappa shape index (κ1) is 14.2. The predicted molar refractivity (Wildman–Crippen MR) is 71.2 cm³/mol. The first-order valence-corrected chi connectivity index (χ1v) is 6.25. The van der Waals surface area contributed by atoms with E-state index in [0.717, 1.165) is 19.6 Å². The molecule has 14 heavy (non-hydrogen) atoms. The highest BCUT2D eigenvalue weighted by Crippen LogP contribution is 1.98. The van der Waals surface area contributed by atoms with E-state index in [1.165, 1.54) is 25.8 Å². The van der Waals surface area contributed by atoms with Gasteiger partial charge < -0.3 is 10.2 Å². The zero-order valence-corrected chi connectivity index (χ0v) is 11.0. The van der Waals surface area contributed by atoms with Crippen molar-refractivity contribution in [1.82, 2.24) is 10.2 Å². The van der Waals surface area contributed by atoms with Crippen LogP contribution in [-0.2, 0) is 0 Å². The van der Waals surface area contributed by atoms with Gasteiger partial charge in [-0.15, -0.1) is 12.6 Å². The van der Waals surface area contributed by atoms with Crippen molar-refractivity contribution in [2.75, 3.05) is 26.2 Å². The SMILES string of the molecule is CCN(CC)CCCCCNC(=S)S. The Labute approximate surface area is 98.8 Å². The molecule has 0 radical (unpaired) electrons. The van der Waals surface area contributed by atoms with Gasteiger partial charge in [-0.05, 0) is 32.5 Å². The molecule has 0 saturated carbocycles. The highest BCUT2D eigenvalue weighted by molar-refractivity contribution is 8.11. The van der Waals surface area contributed by atoms with Crippen molar-refractivity contribution in [3.63, 3.8) is 0 Å². The second kappa shape index (κ2) is 9.74. The summed E-state index contributed by atoms with van der Waals surface area (Å²) in [5, 5.41) is 3.04. The average molecular weight is 234 g/mol. The van der Waals surface area contributed by atoms with E-state index in [0.29, 0.717) is 4.32 Å². The summed E-state index contributed by atoms with van der Waals surface area (Å²) in [5.41, 5.74) is 0. The quantitative estimate of drug-likeness (QED) is 0.381. The van der Waals surface area contributed by atoms with Gasteiger partial charge in [0, 0.05) is 6.54 Å². The Balaban J connectivity index is 3.16. The molecule has 0 fully saturated rings. The minimum atomic E-state index is 0.605. The standard InChI is InChI=1S/C10H22N2S2/c1-3-12(4-2)9-7-5-6-8-11-10(13)14/h3-9H2,1-2H3,(H2,11,13,14). The van der Waals surface area contributed by atoms with E-state index in [-0.39, 0.29) is 0 Å². The fourth-order valence-corrected chi connectivity index (χ4v) is 1.59. The highest BCUT2D eigenvalue weighted by Gasteiger charge is 1.97. The van der Waals surface area contributed by atoms with Gasteiger partial charge in [-0.3, -0.25) is 0 Å². The smallest absolute Gasteiger partial charge is 0.130 e. The topological polar surface area (TPSA) is 15.3 Å². The molecule has 1 N–H and O–H groups in total. The fraction of sp³-hybridized carbons (Fsp3) is 0.900. The highest BCUT2D eigenvalue weighted by atomic mass is 32.1. The lowest BCUT2D eigenvalue weighted by molar-refractivity contribution is 0.296. The Kier molecular flexibility index (Phi) is 9.88. The van der Waals surface area contributed by atoms with Gasteiger partial charge in [-0.2, -0.15) is 0 Å². The maximum absolute atomic E-state index is 4.80. The minimum absolute atomic E-state index is 0.605. The average Bonchev–Trinajstić information content (AvgIpc) is 2.16. The molecule has 0 aliphatic heterocycles. The van der Waals surface area contributed by atoms with Crippen molar-refractivity contribution in [3.8, 4) is 0 Å². The molecule has 0 unspecified atom stereocenters. The molecule has 2 nitrogen and oxygen atoms in total. The molecule has 0 bridgehead atoms. The van der Waals surface area contributed by atoms with E-state index < -0.39 is 0 Å². The molecule has 0 aromatic carbocycles. The second-order valence-corrected chi connectivity index (χ2v) is 4.48. The summed E-state index contributed by atoms with van der Waals surface area (Å²) in [7, 11) is 0. The van der Waals surface area contributed by atoms with Crippen LogP contribution in [0.1, 0.15) is 33.1 Å². The third kappa shape index (κ3) is 8.78. The van der Waals surface area contributed by atoms with E-state index in [1.54, 1.807) is 0 Å². The molecule has 4 heteroatoms. The maximum atomic E-state index is 4.80. The normalized spacial score (nSPS) is 10.6. The molecule has 0 aromatic heterocycles. The van der Waals surface area contributed by atoms with E-state index in [4.69, 9.17) is 12.2 Å². The Morgan fingerprint density at radius 3 is 2.36 bits per heavy atom. The van der Waals surface area contributed by atoms with Crippen molar-refractivity contribution in [3.05, 3.63) is 0 Å². The monoisotopic (exact) mass is 234 g/mol. The molecule has 0 amide bonds. The van der Waals surface area contributed by atoms with Gasteiger partial charge in [0.15, 0.2) is 0 Å². The third-order valence-corrected chi connectivity index (χ3v) is 2.62. The summed E-state index contributed by atoms with van der Waals surface area (Å²) in [6.07, 6.45) is 3.73.